The van der Waals surface area contributed by atoms with E-state index in [1.807, 2.05) is 19.1 Å². The summed E-state index contributed by atoms with van der Waals surface area (Å²) in [6.07, 6.45) is 0. The molecule has 0 spiro atoms. The zero-order valence-electron chi connectivity index (χ0n) is 11.2. The lowest BCUT2D eigenvalue weighted by atomic mass is 10.1. The summed E-state index contributed by atoms with van der Waals surface area (Å²) < 4.78 is 13.5. The standard InChI is InChI=1S/C14H23FN2/c1-11(12-7-5-6-8-13(12)15)16-9-10-17-14(2,3)4/h5-8,11,16-17H,9-10H2,1-4H3/t11-/m1/s1. The first-order valence-corrected chi connectivity index (χ1v) is 6.13. The van der Waals surface area contributed by atoms with Gasteiger partial charge in [0.25, 0.3) is 0 Å². The maximum Gasteiger partial charge on any atom is 0.127 e. The molecular formula is C14H23FN2. The molecule has 0 aliphatic rings. The van der Waals surface area contributed by atoms with Gasteiger partial charge < -0.3 is 10.6 Å². The van der Waals surface area contributed by atoms with Gasteiger partial charge in [-0.25, -0.2) is 4.39 Å². The van der Waals surface area contributed by atoms with E-state index in [9.17, 15) is 4.39 Å². The van der Waals surface area contributed by atoms with Crippen molar-refractivity contribution in [2.75, 3.05) is 13.1 Å². The predicted octanol–water partition coefficient (Wildman–Crippen LogP) is 2.86. The highest BCUT2D eigenvalue weighted by Gasteiger charge is 2.10. The molecule has 0 radical (unpaired) electrons. The first kappa shape index (κ1) is 14.1. The maximum absolute atomic E-state index is 13.5. The van der Waals surface area contributed by atoms with Crippen LogP contribution in [-0.2, 0) is 0 Å². The molecule has 17 heavy (non-hydrogen) atoms. The van der Waals surface area contributed by atoms with Gasteiger partial charge in [-0.15, -0.1) is 0 Å². The normalized spacial score (nSPS) is 13.7. The second kappa shape index (κ2) is 6.12. The van der Waals surface area contributed by atoms with Gasteiger partial charge in [-0.3, -0.25) is 0 Å². The van der Waals surface area contributed by atoms with E-state index in [0.717, 1.165) is 18.7 Å². The van der Waals surface area contributed by atoms with Crippen molar-refractivity contribution in [2.45, 2.75) is 39.3 Å². The number of hydrogen-bond donors (Lipinski definition) is 2. The van der Waals surface area contributed by atoms with E-state index in [0.29, 0.717) is 0 Å². The lowest BCUT2D eigenvalue weighted by molar-refractivity contribution is 0.412. The van der Waals surface area contributed by atoms with Gasteiger partial charge in [0.15, 0.2) is 0 Å². The minimum atomic E-state index is -0.142. The SMILES string of the molecule is C[C@@H](NCCNC(C)(C)C)c1ccccc1F. The van der Waals surface area contributed by atoms with Gasteiger partial charge in [0.2, 0.25) is 0 Å². The molecule has 1 rings (SSSR count). The summed E-state index contributed by atoms with van der Waals surface area (Å²) in [5.74, 6) is -0.142. The van der Waals surface area contributed by atoms with Crippen LogP contribution in [0.4, 0.5) is 4.39 Å². The first-order valence-electron chi connectivity index (χ1n) is 6.13. The van der Waals surface area contributed by atoms with Crippen LogP contribution in [0.15, 0.2) is 24.3 Å². The second-order valence-electron chi connectivity index (χ2n) is 5.37. The molecule has 0 unspecified atom stereocenters. The van der Waals surface area contributed by atoms with E-state index in [4.69, 9.17) is 0 Å². The van der Waals surface area contributed by atoms with E-state index in [1.165, 1.54) is 6.07 Å². The van der Waals surface area contributed by atoms with E-state index < -0.39 is 0 Å². The molecular weight excluding hydrogens is 215 g/mol. The molecule has 0 aliphatic carbocycles. The minimum Gasteiger partial charge on any atom is -0.311 e. The van der Waals surface area contributed by atoms with Crippen molar-refractivity contribution in [3.63, 3.8) is 0 Å². The molecule has 1 atom stereocenters. The fourth-order valence-corrected chi connectivity index (χ4v) is 1.66. The molecule has 0 saturated heterocycles. The summed E-state index contributed by atoms with van der Waals surface area (Å²) in [5, 5.41) is 6.70. The summed E-state index contributed by atoms with van der Waals surface area (Å²) in [4.78, 5) is 0. The van der Waals surface area contributed by atoms with Crippen LogP contribution in [0.1, 0.15) is 39.3 Å². The zero-order chi connectivity index (χ0) is 12.9. The lowest BCUT2D eigenvalue weighted by Crippen LogP contribution is -2.40. The second-order valence-corrected chi connectivity index (χ2v) is 5.37. The topological polar surface area (TPSA) is 24.1 Å². The number of rotatable bonds is 5. The Labute approximate surface area is 104 Å². The van der Waals surface area contributed by atoms with Crippen LogP contribution in [0.5, 0.6) is 0 Å². The summed E-state index contributed by atoms with van der Waals surface area (Å²) in [7, 11) is 0. The smallest absolute Gasteiger partial charge is 0.127 e. The fourth-order valence-electron chi connectivity index (χ4n) is 1.66. The van der Waals surface area contributed by atoms with Crippen LogP contribution in [-0.4, -0.2) is 18.6 Å². The van der Waals surface area contributed by atoms with Crippen LogP contribution in [0, 0.1) is 5.82 Å². The van der Waals surface area contributed by atoms with Gasteiger partial charge in [0.1, 0.15) is 5.82 Å². The van der Waals surface area contributed by atoms with Crippen LogP contribution in [0.3, 0.4) is 0 Å². The molecule has 3 heteroatoms. The summed E-state index contributed by atoms with van der Waals surface area (Å²) in [6, 6.07) is 6.94. The largest absolute Gasteiger partial charge is 0.311 e. The average Bonchev–Trinajstić information content (AvgIpc) is 2.23. The Morgan fingerprint density at radius 1 is 1.18 bits per heavy atom. The Bertz CT molecular complexity index is 344. The van der Waals surface area contributed by atoms with E-state index >= 15 is 0 Å². The van der Waals surface area contributed by atoms with Crippen molar-refractivity contribution in [2.24, 2.45) is 0 Å². The molecule has 96 valence electrons. The van der Waals surface area contributed by atoms with Gasteiger partial charge in [-0.1, -0.05) is 18.2 Å². The number of hydrogen-bond acceptors (Lipinski definition) is 2. The Kier molecular flexibility index (Phi) is 5.09. The molecule has 0 amide bonds. The Hall–Kier alpha value is -0.930. The molecule has 2 nitrogen and oxygen atoms in total. The molecule has 1 aromatic carbocycles. The summed E-state index contributed by atoms with van der Waals surface area (Å²) in [5.41, 5.74) is 0.853. The molecule has 1 aromatic rings. The summed E-state index contributed by atoms with van der Waals surface area (Å²) in [6.45, 7) is 10.1. The van der Waals surface area contributed by atoms with E-state index in [-0.39, 0.29) is 17.4 Å². The fraction of sp³-hybridized carbons (Fsp3) is 0.571. The zero-order valence-corrected chi connectivity index (χ0v) is 11.2. The number of nitrogens with one attached hydrogen (secondary N) is 2. The van der Waals surface area contributed by atoms with Crippen molar-refractivity contribution in [1.82, 2.24) is 10.6 Å². The third-order valence-corrected chi connectivity index (χ3v) is 2.60. The molecule has 0 aromatic heterocycles. The van der Waals surface area contributed by atoms with Crippen LogP contribution >= 0.6 is 0 Å². The highest BCUT2D eigenvalue weighted by atomic mass is 19.1. The van der Waals surface area contributed by atoms with Crippen LogP contribution in [0.25, 0.3) is 0 Å². The van der Waals surface area contributed by atoms with Crippen molar-refractivity contribution < 1.29 is 4.39 Å². The van der Waals surface area contributed by atoms with Crippen LogP contribution in [0.2, 0.25) is 0 Å². The Morgan fingerprint density at radius 2 is 1.82 bits per heavy atom. The van der Waals surface area contributed by atoms with Gasteiger partial charge in [-0.2, -0.15) is 0 Å². The number of benzene rings is 1. The first-order chi connectivity index (χ1) is 7.90. The van der Waals surface area contributed by atoms with Crippen molar-refractivity contribution in [3.8, 4) is 0 Å². The Morgan fingerprint density at radius 3 is 2.41 bits per heavy atom. The Balaban J connectivity index is 2.36. The lowest BCUT2D eigenvalue weighted by Gasteiger charge is -2.22. The highest BCUT2D eigenvalue weighted by Crippen LogP contribution is 2.15. The van der Waals surface area contributed by atoms with Gasteiger partial charge in [-0.05, 0) is 33.8 Å². The molecule has 2 N–H and O–H groups in total. The quantitative estimate of drug-likeness (QED) is 0.771. The predicted molar refractivity (Wildman–Crippen MR) is 70.6 cm³/mol. The third kappa shape index (κ3) is 5.29. The van der Waals surface area contributed by atoms with Gasteiger partial charge >= 0.3 is 0 Å². The third-order valence-electron chi connectivity index (χ3n) is 2.60. The van der Waals surface area contributed by atoms with E-state index in [1.54, 1.807) is 6.07 Å². The van der Waals surface area contributed by atoms with E-state index in [2.05, 4.69) is 31.4 Å². The molecule has 0 aliphatic heterocycles. The average molecular weight is 238 g/mol. The maximum atomic E-state index is 13.5. The van der Waals surface area contributed by atoms with Gasteiger partial charge in [0, 0.05) is 30.2 Å². The molecule has 0 saturated carbocycles. The molecule has 0 bridgehead atoms. The molecule has 0 heterocycles. The van der Waals surface area contributed by atoms with Crippen molar-refractivity contribution >= 4 is 0 Å². The van der Waals surface area contributed by atoms with Crippen LogP contribution < -0.4 is 10.6 Å². The van der Waals surface area contributed by atoms with Gasteiger partial charge in [0.05, 0.1) is 0 Å². The summed E-state index contributed by atoms with van der Waals surface area (Å²) >= 11 is 0. The monoisotopic (exact) mass is 238 g/mol. The van der Waals surface area contributed by atoms with Crippen molar-refractivity contribution in [3.05, 3.63) is 35.6 Å². The van der Waals surface area contributed by atoms with Crippen molar-refractivity contribution in [1.29, 1.82) is 0 Å². The number of halogens is 1. The highest BCUT2D eigenvalue weighted by molar-refractivity contribution is 5.20. The molecule has 0 fully saturated rings. The minimum absolute atomic E-state index is 0.0398.